The molecule has 0 bridgehead atoms. The van der Waals surface area contributed by atoms with Gasteiger partial charge in [0.25, 0.3) is 0 Å². The normalized spacial score (nSPS) is 20.3. The lowest BCUT2D eigenvalue weighted by Gasteiger charge is -2.09. The summed E-state index contributed by atoms with van der Waals surface area (Å²) in [6.45, 7) is 8.16. The lowest BCUT2D eigenvalue weighted by Crippen LogP contribution is -2.21. The number of nitrogens with one attached hydrogen (secondary N) is 1. The smallest absolute Gasteiger partial charge is 0.0666 e. The molecule has 1 unspecified atom stereocenters. The quantitative estimate of drug-likeness (QED) is 0.611. The van der Waals surface area contributed by atoms with Crippen molar-refractivity contribution >= 4 is 11.8 Å². The molecule has 1 saturated heterocycles. The zero-order valence-corrected chi connectivity index (χ0v) is 12.1. The third-order valence-electron chi connectivity index (χ3n) is 2.70. The maximum Gasteiger partial charge on any atom is 0.0666 e. The summed E-state index contributed by atoms with van der Waals surface area (Å²) in [6, 6.07) is 0. The fourth-order valence-corrected chi connectivity index (χ4v) is 2.76. The Kier molecular flexibility index (Phi) is 9.16. The maximum absolute atomic E-state index is 5.58. The molecule has 1 aliphatic rings. The molecule has 0 aromatic rings. The number of ether oxygens (including phenoxy) is 2. The van der Waals surface area contributed by atoms with Gasteiger partial charge in [-0.15, -0.1) is 0 Å². The molecule has 0 aliphatic carbocycles. The van der Waals surface area contributed by atoms with Crippen LogP contribution >= 0.6 is 11.8 Å². The molecule has 0 radical (unpaired) electrons. The van der Waals surface area contributed by atoms with E-state index in [0.717, 1.165) is 38.5 Å². The second-order valence-corrected chi connectivity index (χ2v) is 5.88. The standard InChI is InChI=1S/C13H27NO2S/c1-12(2)15-9-4-6-14-7-10-17-11-13-5-3-8-16-13/h12-14H,3-11H2,1-2H3. The summed E-state index contributed by atoms with van der Waals surface area (Å²) in [7, 11) is 0. The van der Waals surface area contributed by atoms with Crippen molar-refractivity contribution in [2.45, 2.75) is 45.3 Å². The highest BCUT2D eigenvalue weighted by molar-refractivity contribution is 7.99. The van der Waals surface area contributed by atoms with E-state index in [1.54, 1.807) is 0 Å². The van der Waals surface area contributed by atoms with Gasteiger partial charge in [-0.3, -0.25) is 0 Å². The van der Waals surface area contributed by atoms with Gasteiger partial charge in [-0.25, -0.2) is 0 Å². The summed E-state index contributed by atoms with van der Waals surface area (Å²) in [4.78, 5) is 0. The Morgan fingerprint density at radius 2 is 2.29 bits per heavy atom. The molecule has 1 heterocycles. The molecular weight excluding hydrogens is 234 g/mol. The van der Waals surface area contributed by atoms with E-state index in [4.69, 9.17) is 9.47 Å². The largest absolute Gasteiger partial charge is 0.379 e. The summed E-state index contributed by atoms with van der Waals surface area (Å²) in [6.07, 6.45) is 4.50. The SMILES string of the molecule is CC(C)OCCCNCCSCC1CCCO1. The van der Waals surface area contributed by atoms with E-state index >= 15 is 0 Å². The summed E-state index contributed by atoms with van der Waals surface area (Å²) in [5.41, 5.74) is 0. The minimum Gasteiger partial charge on any atom is -0.379 e. The highest BCUT2D eigenvalue weighted by Crippen LogP contribution is 2.16. The first-order valence-corrected chi connectivity index (χ1v) is 7.96. The van der Waals surface area contributed by atoms with Gasteiger partial charge in [-0.1, -0.05) is 0 Å². The highest BCUT2D eigenvalue weighted by atomic mass is 32.2. The van der Waals surface area contributed by atoms with Gasteiger partial charge >= 0.3 is 0 Å². The molecule has 0 aromatic carbocycles. The van der Waals surface area contributed by atoms with E-state index in [0.29, 0.717) is 12.2 Å². The topological polar surface area (TPSA) is 30.5 Å². The fourth-order valence-electron chi connectivity index (χ4n) is 1.78. The molecule has 17 heavy (non-hydrogen) atoms. The Balaban J connectivity index is 1.72. The highest BCUT2D eigenvalue weighted by Gasteiger charge is 2.14. The first kappa shape index (κ1) is 15.3. The van der Waals surface area contributed by atoms with Crippen molar-refractivity contribution in [3.63, 3.8) is 0 Å². The Hall–Kier alpha value is 0.230. The first-order chi connectivity index (χ1) is 8.29. The summed E-state index contributed by atoms with van der Waals surface area (Å²) < 4.78 is 11.1. The molecular formula is C13H27NO2S. The lowest BCUT2D eigenvalue weighted by atomic mass is 10.3. The van der Waals surface area contributed by atoms with Crippen LogP contribution in [0.5, 0.6) is 0 Å². The van der Waals surface area contributed by atoms with Crippen molar-refractivity contribution in [2.24, 2.45) is 0 Å². The molecule has 4 heteroatoms. The van der Waals surface area contributed by atoms with Crippen LogP contribution in [0.15, 0.2) is 0 Å². The second-order valence-electron chi connectivity index (χ2n) is 4.73. The number of hydrogen-bond donors (Lipinski definition) is 1. The Morgan fingerprint density at radius 1 is 1.41 bits per heavy atom. The first-order valence-electron chi connectivity index (χ1n) is 6.80. The van der Waals surface area contributed by atoms with Gasteiger partial charge in [0.05, 0.1) is 12.2 Å². The minimum atomic E-state index is 0.358. The molecule has 1 aliphatic heterocycles. The molecule has 0 spiro atoms. The summed E-state index contributed by atoms with van der Waals surface area (Å²) in [5, 5.41) is 3.44. The molecule has 1 rings (SSSR count). The van der Waals surface area contributed by atoms with Gasteiger partial charge in [0, 0.05) is 31.3 Å². The third-order valence-corrected chi connectivity index (χ3v) is 3.80. The van der Waals surface area contributed by atoms with Crippen molar-refractivity contribution in [1.82, 2.24) is 5.32 Å². The average Bonchev–Trinajstić information content (AvgIpc) is 2.79. The van der Waals surface area contributed by atoms with Crippen LogP contribution < -0.4 is 5.32 Å². The number of thioether (sulfide) groups is 1. The van der Waals surface area contributed by atoms with Gasteiger partial charge in [0.1, 0.15) is 0 Å². The Morgan fingerprint density at radius 3 is 3.00 bits per heavy atom. The molecule has 1 N–H and O–H groups in total. The van der Waals surface area contributed by atoms with E-state index < -0.39 is 0 Å². The van der Waals surface area contributed by atoms with Crippen molar-refractivity contribution in [3.8, 4) is 0 Å². The van der Waals surface area contributed by atoms with Gasteiger partial charge in [-0.2, -0.15) is 11.8 Å². The van der Waals surface area contributed by atoms with E-state index in [2.05, 4.69) is 19.2 Å². The average molecular weight is 261 g/mol. The number of rotatable bonds is 10. The van der Waals surface area contributed by atoms with E-state index in [1.165, 1.54) is 18.6 Å². The van der Waals surface area contributed by atoms with Crippen LogP contribution in [0.2, 0.25) is 0 Å². The summed E-state index contributed by atoms with van der Waals surface area (Å²) >= 11 is 2.00. The second kappa shape index (κ2) is 10.2. The van der Waals surface area contributed by atoms with Crippen molar-refractivity contribution < 1.29 is 9.47 Å². The minimum absolute atomic E-state index is 0.358. The van der Waals surface area contributed by atoms with Crippen molar-refractivity contribution in [1.29, 1.82) is 0 Å². The fraction of sp³-hybridized carbons (Fsp3) is 1.00. The van der Waals surface area contributed by atoms with Gasteiger partial charge < -0.3 is 14.8 Å². The molecule has 102 valence electrons. The van der Waals surface area contributed by atoms with Gasteiger partial charge in [-0.05, 0) is 39.7 Å². The van der Waals surface area contributed by atoms with E-state index in [1.807, 2.05) is 11.8 Å². The number of hydrogen-bond acceptors (Lipinski definition) is 4. The zero-order valence-electron chi connectivity index (χ0n) is 11.2. The monoisotopic (exact) mass is 261 g/mol. The molecule has 0 saturated carbocycles. The van der Waals surface area contributed by atoms with Crippen LogP contribution in [0, 0.1) is 0 Å². The van der Waals surface area contributed by atoms with Crippen LogP contribution in [-0.4, -0.2) is 50.0 Å². The Labute approximate surface area is 110 Å². The van der Waals surface area contributed by atoms with Crippen LogP contribution in [0.3, 0.4) is 0 Å². The predicted octanol–water partition coefficient (Wildman–Crippen LogP) is 2.30. The molecule has 0 aromatic heterocycles. The van der Waals surface area contributed by atoms with Crippen molar-refractivity contribution in [2.75, 3.05) is 37.8 Å². The molecule has 1 atom stereocenters. The van der Waals surface area contributed by atoms with Crippen LogP contribution in [0.4, 0.5) is 0 Å². The van der Waals surface area contributed by atoms with E-state index in [-0.39, 0.29) is 0 Å². The van der Waals surface area contributed by atoms with E-state index in [9.17, 15) is 0 Å². The predicted molar refractivity (Wildman–Crippen MR) is 74.9 cm³/mol. The summed E-state index contributed by atoms with van der Waals surface area (Å²) in [5.74, 6) is 2.35. The maximum atomic E-state index is 5.58. The Bertz CT molecular complexity index is 173. The molecule has 1 fully saturated rings. The van der Waals surface area contributed by atoms with Gasteiger partial charge in [0.2, 0.25) is 0 Å². The lowest BCUT2D eigenvalue weighted by molar-refractivity contribution is 0.0772. The van der Waals surface area contributed by atoms with Crippen molar-refractivity contribution in [3.05, 3.63) is 0 Å². The molecule has 0 amide bonds. The molecule has 3 nitrogen and oxygen atoms in total. The van der Waals surface area contributed by atoms with Gasteiger partial charge in [0.15, 0.2) is 0 Å². The van der Waals surface area contributed by atoms with Crippen LogP contribution in [0.1, 0.15) is 33.1 Å². The van der Waals surface area contributed by atoms with Crippen LogP contribution in [-0.2, 0) is 9.47 Å². The zero-order chi connectivity index (χ0) is 12.3. The third kappa shape index (κ3) is 8.89. The van der Waals surface area contributed by atoms with Crippen LogP contribution in [0.25, 0.3) is 0 Å².